The van der Waals surface area contributed by atoms with Gasteiger partial charge in [0.1, 0.15) is 5.78 Å². The average Bonchev–Trinajstić information content (AvgIpc) is 3.01. The zero-order valence-electron chi connectivity index (χ0n) is 9.58. The predicted molar refractivity (Wildman–Crippen MR) is 58.8 cm³/mol. The van der Waals surface area contributed by atoms with Crippen LogP contribution in [0.4, 0.5) is 0 Å². The van der Waals surface area contributed by atoms with Crippen LogP contribution in [0, 0.1) is 5.92 Å². The van der Waals surface area contributed by atoms with Crippen LogP contribution in [0.3, 0.4) is 0 Å². The van der Waals surface area contributed by atoms with Gasteiger partial charge in [-0.1, -0.05) is 0 Å². The third-order valence-electron chi connectivity index (χ3n) is 3.28. The molecule has 1 aliphatic heterocycles. The van der Waals surface area contributed by atoms with Gasteiger partial charge in [0, 0.05) is 19.1 Å². The number of Topliss-reactive ketones (excluding diaryl/α,β-unsaturated/α-hetero) is 1. The zero-order chi connectivity index (χ0) is 10.7. The van der Waals surface area contributed by atoms with E-state index in [-0.39, 0.29) is 0 Å². The molecular weight excluding hydrogens is 190 g/mol. The van der Waals surface area contributed by atoms with Crippen molar-refractivity contribution in [3.63, 3.8) is 0 Å². The number of ketones is 1. The van der Waals surface area contributed by atoms with E-state index in [1.165, 1.54) is 6.42 Å². The minimum Gasteiger partial charge on any atom is -0.377 e. The summed E-state index contributed by atoms with van der Waals surface area (Å²) in [6.45, 7) is 5.51. The molecule has 0 radical (unpaired) electrons. The van der Waals surface area contributed by atoms with Crippen LogP contribution in [0.1, 0.15) is 32.6 Å². The third kappa shape index (κ3) is 3.28. The molecule has 0 bridgehead atoms. The summed E-state index contributed by atoms with van der Waals surface area (Å²) in [6, 6.07) is 0. The van der Waals surface area contributed by atoms with Crippen molar-refractivity contribution >= 4 is 5.78 Å². The number of hydrogen-bond donors (Lipinski definition) is 0. The lowest BCUT2D eigenvalue weighted by Gasteiger charge is -2.31. The number of hydrogen-bond acceptors (Lipinski definition) is 3. The summed E-state index contributed by atoms with van der Waals surface area (Å²) in [5, 5.41) is 0. The molecule has 1 heterocycles. The Kier molecular flexibility index (Phi) is 3.76. The van der Waals surface area contributed by atoms with E-state index in [4.69, 9.17) is 4.74 Å². The standard InChI is InChI=1S/C12H21NO2/c1-2-15-11-4-3-7-13(8-11)9-12(14)10-5-6-10/h10-11H,2-9H2,1H3. The molecule has 2 rings (SSSR count). The van der Waals surface area contributed by atoms with Gasteiger partial charge in [-0.3, -0.25) is 9.69 Å². The quantitative estimate of drug-likeness (QED) is 0.689. The SMILES string of the molecule is CCOC1CCCN(CC(=O)C2CC2)C1. The van der Waals surface area contributed by atoms with E-state index in [0.717, 1.165) is 39.0 Å². The van der Waals surface area contributed by atoms with E-state index in [1.54, 1.807) is 0 Å². The van der Waals surface area contributed by atoms with Crippen LogP contribution in [0.5, 0.6) is 0 Å². The molecule has 0 N–H and O–H groups in total. The van der Waals surface area contributed by atoms with E-state index in [2.05, 4.69) is 4.90 Å². The summed E-state index contributed by atoms with van der Waals surface area (Å²) in [7, 11) is 0. The van der Waals surface area contributed by atoms with Crippen LogP contribution in [-0.2, 0) is 9.53 Å². The van der Waals surface area contributed by atoms with Crippen molar-refractivity contribution in [2.45, 2.75) is 38.7 Å². The highest BCUT2D eigenvalue weighted by molar-refractivity contribution is 5.84. The second-order valence-corrected chi connectivity index (χ2v) is 4.70. The third-order valence-corrected chi connectivity index (χ3v) is 3.28. The number of ether oxygens (including phenoxy) is 1. The van der Waals surface area contributed by atoms with Crippen molar-refractivity contribution in [3.05, 3.63) is 0 Å². The molecule has 1 aliphatic carbocycles. The molecule has 3 nitrogen and oxygen atoms in total. The van der Waals surface area contributed by atoms with Gasteiger partial charge >= 0.3 is 0 Å². The Morgan fingerprint density at radius 3 is 2.87 bits per heavy atom. The Morgan fingerprint density at radius 1 is 1.40 bits per heavy atom. The Labute approximate surface area is 91.8 Å². The van der Waals surface area contributed by atoms with Crippen molar-refractivity contribution < 1.29 is 9.53 Å². The fourth-order valence-corrected chi connectivity index (χ4v) is 2.28. The topological polar surface area (TPSA) is 29.5 Å². The second-order valence-electron chi connectivity index (χ2n) is 4.70. The summed E-state index contributed by atoms with van der Waals surface area (Å²) < 4.78 is 5.62. The lowest BCUT2D eigenvalue weighted by atomic mass is 10.1. The highest BCUT2D eigenvalue weighted by Crippen LogP contribution is 2.30. The summed E-state index contributed by atoms with van der Waals surface area (Å²) >= 11 is 0. The van der Waals surface area contributed by atoms with Crippen molar-refractivity contribution in [2.24, 2.45) is 5.92 Å². The lowest BCUT2D eigenvalue weighted by molar-refractivity contribution is -0.122. The number of likely N-dealkylation sites (tertiary alicyclic amines) is 1. The molecule has 3 heteroatoms. The highest BCUT2D eigenvalue weighted by Gasteiger charge is 2.31. The first kappa shape index (κ1) is 11.1. The first-order valence-corrected chi connectivity index (χ1v) is 6.16. The Morgan fingerprint density at radius 2 is 2.20 bits per heavy atom. The predicted octanol–water partition coefficient (Wildman–Crippen LogP) is 1.47. The normalized spacial score (nSPS) is 27.9. The summed E-state index contributed by atoms with van der Waals surface area (Å²) in [4.78, 5) is 13.9. The fraction of sp³-hybridized carbons (Fsp3) is 0.917. The molecule has 1 atom stereocenters. The molecule has 0 spiro atoms. The second kappa shape index (κ2) is 5.08. The van der Waals surface area contributed by atoms with Crippen LogP contribution in [0.2, 0.25) is 0 Å². The van der Waals surface area contributed by atoms with Crippen LogP contribution < -0.4 is 0 Å². The van der Waals surface area contributed by atoms with Crippen molar-refractivity contribution in [1.29, 1.82) is 0 Å². The largest absolute Gasteiger partial charge is 0.377 e. The first-order chi connectivity index (χ1) is 7.29. The van der Waals surface area contributed by atoms with Crippen LogP contribution in [0.25, 0.3) is 0 Å². The van der Waals surface area contributed by atoms with Crippen LogP contribution >= 0.6 is 0 Å². The molecule has 86 valence electrons. The fourth-order valence-electron chi connectivity index (χ4n) is 2.28. The smallest absolute Gasteiger partial charge is 0.149 e. The van der Waals surface area contributed by atoms with Gasteiger partial charge in [0.15, 0.2) is 0 Å². The van der Waals surface area contributed by atoms with Crippen LogP contribution in [0.15, 0.2) is 0 Å². The summed E-state index contributed by atoms with van der Waals surface area (Å²) in [5.41, 5.74) is 0. The van der Waals surface area contributed by atoms with Gasteiger partial charge in [-0.25, -0.2) is 0 Å². The minimum absolute atomic E-state index is 0.357. The average molecular weight is 211 g/mol. The molecule has 1 saturated carbocycles. The molecule has 2 fully saturated rings. The van der Waals surface area contributed by atoms with Crippen molar-refractivity contribution in [3.8, 4) is 0 Å². The Balaban J connectivity index is 1.73. The molecule has 2 aliphatic rings. The molecule has 0 aromatic carbocycles. The molecule has 0 amide bonds. The molecule has 0 aromatic heterocycles. The molecule has 0 aromatic rings. The van der Waals surface area contributed by atoms with E-state index in [0.29, 0.717) is 24.3 Å². The lowest BCUT2D eigenvalue weighted by Crippen LogP contribution is -2.42. The number of carbonyl (C=O) groups is 1. The van der Waals surface area contributed by atoms with Gasteiger partial charge in [0.25, 0.3) is 0 Å². The first-order valence-electron chi connectivity index (χ1n) is 6.16. The molecule has 1 unspecified atom stereocenters. The van der Waals surface area contributed by atoms with E-state index in [1.807, 2.05) is 6.92 Å². The van der Waals surface area contributed by atoms with Gasteiger partial charge in [-0.05, 0) is 39.2 Å². The molecule has 15 heavy (non-hydrogen) atoms. The van der Waals surface area contributed by atoms with Crippen molar-refractivity contribution in [1.82, 2.24) is 4.90 Å². The van der Waals surface area contributed by atoms with Gasteiger partial charge in [0.2, 0.25) is 0 Å². The summed E-state index contributed by atoms with van der Waals surface area (Å²) in [6.07, 6.45) is 4.93. The Hall–Kier alpha value is -0.410. The van der Waals surface area contributed by atoms with Gasteiger partial charge in [0.05, 0.1) is 12.6 Å². The van der Waals surface area contributed by atoms with Gasteiger partial charge < -0.3 is 4.74 Å². The minimum atomic E-state index is 0.357. The number of rotatable bonds is 5. The maximum absolute atomic E-state index is 11.7. The number of piperidine rings is 1. The van der Waals surface area contributed by atoms with E-state index >= 15 is 0 Å². The van der Waals surface area contributed by atoms with Crippen LogP contribution in [-0.4, -0.2) is 43.0 Å². The zero-order valence-corrected chi connectivity index (χ0v) is 9.58. The van der Waals surface area contributed by atoms with Gasteiger partial charge in [-0.15, -0.1) is 0 Å². The molecule has 1 saturated heterocycles. The Bertz CT molecular complexity index is 224. The summed E-state index contributed by atoms with van der Waals surface area (Å²) in [5.74, 6) is 0.851. The molecular formula is C12H21NO2. The van der Waals surface area contributed by atoms with E-state index < -0.39 is 0 Å². The number of carbonyl (C=O) groups excluding carboxylic acids is 1. The monoisotopic (exact) mass is 211 g/mol. The van der Waals surface area contributed by atoms with Crippen molar-refractivity contribution in [2.75, 3.05) is 26.2 Å². The maximum atomic E-state index is 11.7. The van der Waals surface area contributed by atoms with Gasteiger partial charge in [-0.2, -0.15) is 0 Å². The maximum Gasteiger partial charge on any atom is 0.149 e. The van der Waals surface area contributed by atoms with E-state index in [9.17, 15) is 4.79 Å². The highest BCUT2D eigenvalue weighted by atomic mass is 16.5. The number of nitrogens with zero attached hydrogens (tertiary/aromatic N) is 1.